The lowest BCUT2D eigenvalue weighted by molar-refractivity contribution is 0.0561. The summed E-state index contributed by atoms with van der Waals surface area (Å²) >= 11 is 0. The van der Waals surface area contributed by atoms with Crippen molar-refractivity contribution in [1.29, 1.82) is 0 Å². The van der Waals surface area contributed by atoms with E-state index in [1.807, 2.05) is 18.2 Å². The van der Waals surface area contributed by atoms with E-state index in [2.05, 4.69) is 14.9 Å². The molecular formula is C18H24N4O4S. The zero-order valence-electron chi connectivity index (χ0n) is 15.7. The molecule has 2 aromatic rings. The number of nitrogens with zero attached hydrogens (tertiary/aromatic N) is 3. The van der Waals surface area contributed by atoms with Crippen molar-refractivity contribution in [3.05, 3.63) is 47.6 Å². The van der Waals surface area contributed by atoms with Gasteiger partial charge in [0, 0.05) is 12.1 Å². The number of carbonyl (C=O) groups excluding carboxylic acids is 1. The Labute approximate surface area is 159 Å². The number of nitrogens with one attached hydrogen (secondary N) is 1. The molecule has 1 N–H and O–H groups in total. The minimum absolute atomic E-state index is 0.0754. The van der Waals surface area contributed by atoms with E-state index in [4.69, 9.17) is 4.52 Å². The van der Waals surface area contributed by atoms with E-state index in [0.717, 1.165) is 25.5 Å². The zero-order valence-corrected chi connectivity index (χ0v) is 16.5. The van der Waals surface area contributed by atoms with E-state index in [1.54, 1.807) is 30.9 Å². The van der Waals surface area contributed by atoms with Crippen LogP contribution in [0.1, 0.15) is 61.2 Å². The largest absolute Gasteiger partial charge is 0.337 e. The molecule has 27 heavy (non-hydrogen) atoms. The summed E-state index contributed by atoms with van der Waals surface area (Å²) < 4.78 is 31.1. The number of benzene rings is 1. The van der Waals surface area contributed by atoms with Crippen molar-refractivity contribution in [3.63, 3.8) is 0 Å². The fourth-order valence-electron chi connectivity index (χ4n) is 3.31. The SMILES string of the molecule is CC(C)(NS(C)(=O)=O)c1noc(C2CCCCN2C(=O)c2ccccc2)n1. The number of likely N-dealkylation sites (tertiary alicyclic amines) is 1. The zero-order chi connectivity index (χ0) is 19.7. The second-order valence-corrected chi connectivity index (χ2v) is 9.08. The second-order valence-electron chi connectivity index (χ2n) is 7.33. The summed E-state index contributed by atoms with van der Waals surface area (Å²) in [5, 5.41) is 3.96. The highest BCUT2D eigenvalue weighted by Crippen LogP contribution is 2.32. The number of rotatable bonds is 5. The van der Waals surface area contributed by atoms with Crippen LogP contribution in [0.4, 0.5) is 0 Å². The first kappa shape index (κ1) is 19.5. The minimum atomic E-state index is -3.44. The lowest BCUT2D eigenvalue weighted by atomic mass is 10.0. The molecule has 0 radical (unpaired) electrons. The summed E-state index contributed by atoms with van der Waals surface area (Å²) in [5.74, 6) is 0.492. The van der Waals surface area contributed by atoms with Crippen LogP contribution >= 0.6 is 0 Å². The predicted molar refractivity (Wildman–Crippen MR) is 99.4 cm³/mol. The molecule has 1 aliphatic rings. The number of carbonyl (C=O) groups is 1. The van der Waals surface area contributed by atoms with E-state index < -0.39 is 15.6 Å². The minimum Gasteiger partial charge on any atom is -0.337 e. The van der Waals surface area contributed by atoms with Crippen LogP contribution in [0.2, 0.25) is 0 Å². The van der Waals surface area contributed by atoms with E-state index in [9.17, 15) is 13.2 Å². The molecule has 0 saturated carbocycles. The molecule has 0 aliphatic carbocycles. The third-order valence-electron chi connectivity index (χ3n) is 4.51. The molecule has 1 aliphatic heterocycles. The maximum atomic E-state index is 12.9. The molecule has 0 spiro atoms. The molecule has 1 fully saturated rings. The lowest BCUT2D eigenvalue weighted by Gasteiger charge is -2.33. The molecule has 0 bridgehead atoms. The van der Waals surface area contributed by atoms with Gasteiger partial charge < -0.3 is 9.42 Å². The molecule has 1 atom stereocenters. The van der Waals surface area contributed by atoms with Crippen molar-refractivity contribution in [2.24, 2.45) is 0 Å². The third kappa shape index (κ3) is 4.54. The van der Waals surface area contributed by atoms with Crippen LogP contribution < -0.4 is 4.72 Å². The summed E-state index contributed by atoms with van der Waals surface area (Å²) in [7, 11) is -3.44. The Morgan fingerprint density at radius 1 is 1.26 bits per heavy atom. The standard InChI is InChI=1S/C18H24N4O4S/c1-18(2,21-27(3,24)25)17-19-15(26-20-17)14-11-7-8-12-22(14)16(23)13-9-5-4-6-10-13/h4-6,9-10,14,21H,7-8,11-12H2,1-3H3. The molecule has 1 saturated heterocycles. The summed E-state index contributed by atoms with van der Waals surface area (Å²) in [5.41, 5.74) is -0.402. The fraction of sp³-hybridized carbons (Fsp3) is 0.500. The second kappa shape index (κ2) is 7.40. The van der Waals surface area contributed by atoms with Gasteiger partial charge in [-0.2, -0.15) is 4.98 Å². The normalized spacial score (nSPS) is 18.5. The summed E-state index contributed by atoms with van der Waals surface area (Å²) in [6.45, 7) is 3.94. The quantitative estimate of drug-likeness (QED) is 0.836. The van der Waals surface area contributed by atoms with Crippen LogP contribution in [-0.4, -0.2) is 42.2 Å². The molecule has 3 rings (SSSR count). The Kier molecular flexibility index (Phi) is 5.34. The maximum absolute atomic E-state index is 12.9. The van der Waals surface area contributed by atoms with E-state index >= 15 is 0 Å². The van der Waals surface area contributed by atoms with Crippen molar-refractivity contribution >= 4 is 15.9 Å². The highest BCUT2D eigenvalue weighted by molar-refractivity contribution is 7.88. The average molecular weight is 392 g/mol. The van der Waals surface area contributed by atoms with Gasteiger partial charge in [-0.1, -0.05) is 23.4 Å². The van der Waals surface area contributed by atoms with Gasteiger partial charge in [0.1, 0.15) is 6.04 Å². The van der Waals surface area contributed by atoms with E-state index in [0.29, 0.717) is 18.0 Å². The fourth-order valence-corrected chi connectivity index (χ4v) is 4.33. The van der Waals surface area contributed by atoms with Gasteiger partial charge in [-0.15, -0.1) is 0 Å². The van der Waals surface area contributed by atoms with Crippen molar-refractivity contribution in [1.82, 2.24) is 19.8 Å². The van der Waals surface area contributed by atoms with Crippen LogP contribution in [0.5, 0.6) is 0 Å². The number of aromatic nitrogens is 2. The van der Waals surface area contributed by atoms with Gasteiger partial charge in [0.15, 0.2) is 5.82 Å². The van der Waals surface area contributed by atoms with Crippen molar-refractivity contribution in [2.45, 2.75) is 44.7 Å². The monoisotopic (exact) mass is 392 g/mol. The number of sulfonamides is 1. The van der Waals surface area contributed by atoms with Crippen LogP contribution in [0, 0.1) is 0 Å². The van der Waals surface area contributed by atoms with Gasteiger partial charge in [-0.05, 0) is 45.2 Å². The van der Waals surface area contributed by atoms with Gasteiger partial charge in [0.2, 0.25) is 15.9 Å². The average Bonchev–Trinajstić information content (AvgIpc) is 3.11. The molecular weight excluding hydrogens is 368 g/mol. The number of amides is 1. The molecule has 2 heterocycles. The van der Waals surface area contributed by atoms with Crippen LogP contribution in [0.3, 0.4) is 0 Å². The number of piperidine rings is 1. The molecule has 1 unspecified atom stereocenters. The first-order chi connectivity index (χ1) is 12.7. The molecule has 146 valence electrons. The molecule has 9 heteroatoms. The Hall–Kier alpha value is -2.26. The lowest BCUT2D eigenvalue weighted by Crippen LogP contribution is -2.41. The van der Waals surface area contributed by atoms with Gasteiger partial charge in [0.25, 0.3) is 5.91 Å². The van der Waals surface area contributed by atoms with Gasteiger partial charge in [0.05, 0.1) is 11.8 Å². The number of hydrogen-bond donors (Lipinski definition) is 1. The van der Waals surface area contributed by atoms with E-state index in [1.165, 1.54) is 0 Å². The topological polar surface area (TPSA) is 105 Å². The summed E-state index contributed by atoms with van der Waals surface area (Å²) in [4.78, 5) is 19.1. The first-order valence-corrected chi connectivity index (χ1v) is 10.8. The van der Waals surface area contributed by atoms with Crippen LogP contribution in [0.15, 0.2) is 34.9 Å². The molecule has 1 aromatic heterocycles. The van der Waals surface area contributed by atoms with Crippen LogP contribution in [-0.2, 0) is 15.6 Å². The smallest absolute Gasteiger partial charge is 0.254 e. The van der Waals surface area contributed by atoms with Gasteiger partial charge in [-0.3, -0.25) is 4.79 Å². The Morgan fingerprint density at radius 2 is 1.96 bits per heavy atom. The van der Waals surface area contributed by atoms with Gasteiger partial charge >= 0.3 is 0 Å². The Bertz CT molecular complexity index is 908. The van der Waals surface area contributed by atoms with Crippen molar-refractivity contribution in [2.75, 3.05) is 12.8 Å². The predicted octanol–water partition coefficient (Wildman–Crippen LogP) is 2.22. The van der Waals surface area contributed by atoms with E-state index in [-0.39, 0.29) is 17.8 Å². The molecule has 1 aromatic carbocycles. The summed E-state index contributed by atoms with van der Waals surface area (Å²) in [6.07, 6.45) is 3.67. The molecule has 8 nitrogen and oxygen atoms in total. The Balaban J connectivity index is 1.86. The highest BCUT2D eigenvalue weighted by Gasteiger charge is 2.35. The van der Waals surface area contributed by atoms with Crippen molar-refractivity contribution < 1.29 is 17.7 Å². The molecule has 1 amide bonds. The number of hydrogen-bond acceptors (Lipinski definition) is 6. The van der Waals surface area contributed by atoms with Crippen LogP contribution in [0.25, 0.3) is 0 Å². The maximum Gasteiger partial charge on any atom is 0.254 e. The highest BCUT2D eigenvalue weighted by atomic mass is 32.2. The van der Waals surface area contributed by atoms with Gasteiger partial charge in [-0.25, -0.2) is 13.1 Å². The van der Waals surface area contributed by atoms with Crippen molar-refractivity contribution in [3.8, 4) is 0 Å². The Morgan fingerprint density at radius 3 is 2.63 bits per heavy atom. The summed E-state index contributed by atoms with van der Waals surface area (Å²) in [6, 6.07) is 8.78. The third-order valence-corrected chi connectivity index (χ3v) is 5.39. The first-order valence-electron chi connectivity index (χ1n) is 8.86.